The van der Waals surface area contributed by atoms with Crippen LogP contribution in [0.2, 0.25) is 5.02 Å². The molecule has 2 fully saturated rings. The van der Waals surface area contributed by atoms with Gasteiger partial charge in [-0.3, -0.25) is 9.69 Å². The number of piperidine rings is 2. The lowest BCUT2D eigenvalue weighted by atomic mass is 9.81. The SMILES string of the molecule is O=C(NC1CC2CCCC(C1)N2Cc1cccs1)c1ccc(Cl)cc1. The summed E-state index contributed by atoms with van der Waals surface area (Å²) < 4.78 is 0. The number of carbonyl (C=O) groups excluding carboxylic acids is 1. The van der Waals surface area contributed by atoms with Gasteiger partial charge in [-0.1, -0.05) is 24.1 Å². The van der Waals surface area contributed by atoms with Crippen molar-refractivity contribution in [3.63, 3.8) is 0 Å². The monoisotopic (exact) mass is 374 g/mol. The minimum absolute atomic E-state index is 0.0199. The van der Waals surface area contributed by atoms with Gasteiger partial charge in [-0.2, -0.15) is 0 Å². The van der Waals surface area contributed by atoms with Gasteiger partial charge in [0.25, 0.3) is 5.91 Å². The molecular weight excluding hydrogens is 352 g/mol. The predicted molar refractivity (Wildman–Crippen MR) is 103 cm³/mol. The summed E-state index contributed by atoms with van der Waals surface area (Å²) in [6.45, 7) is 1.06. The lowest BCUT2D eigenvalue weighted by Crippen LogP contribution is -2.56. The average Bonchev–Trinajstić information content (AvgIpc) is 3.09. The van der Waals surface area contributed by atoms with Crippen LogP contribution in [0.3, 0.4) is 0 Å². The zero-order valence-electron chi connectivity index (χ0n) is 14.2. The van der Waals surface area contributed by atoms with Crippen LogP contribution in [0, 0.1) is 0 Å². The van der Waals surface area contributed by atoms with Crippen molar-refractivity contribution < 1.29 is 4.79 Å². The largest absolute Gasteiger partial charge is 0.349 e. The summed E-state index contributed by atoms with van der Waals surface area (Å²) >= 11 is 7.75. The molecule has 25 heavy (non-hydrogen) atoms. The van der Waals surface area contributed by atoms with E-state index in [9.17, 15) is 4.79 Å². The number of nitrogens with one attached hydrogen (secondary N) is 1. The van der Waals surface area contributed by atoms with Crippen molar-refractivity contribution in [1.29, 1.82) is 0 Å². The number of nitrogens with zero attached hydrogens (tertiary/aromatic N) is 1. The van der Waals surface area contributed by atoms with Gasteiger partial charge in [0.05, 0.1) is 0 Å². The molecule has 2 aromatic rings. The molecular formula is C20H23ClN2OS. The number of hydrogen-bond acceptors (Lipinski definition) is 3. The molecule has 1 aromatic heterocycles. The highest BCUT2D eigenvalue weighted by Crippen LogP contribution is 2.35. The smallest absolute Gasteiger partial charge is 0.251 e. The molecule has 3 nitrogen and oxygen atoms in total. The first-order chi connectivity index (χ1) is 12.2. The van der Waals surface area contributed by atoms with Gasteiger partial charge in [-0.15, -0.1) is 11.3 Å². The third-order valence-electron chi connectivity index (χ3n) is 5.49. The van der Waals surface area contributed by atoms with Crippen LogP contribution in [0.5, 0.6) is 0 Å². The zero-order valence-corrected chi connectivity index (χ0v) is 15.7. The highest BCUT2D eigenvalue weighted by Gasteiger charge is 2.38. The van der Waals surface area contributed by atoms with E-state index < -0.39 is 0 Å². The molecule has 132 valence electrons. The van der Waals surface area contributed by atoms with E-state index in [0.717, 1.165) is 19.4 Å². The van der Waals surface area contributed by atoms with Crippen molar-refractivity contribution in [3.8, 4) is 0 Å². The fourth-order valence-corrected chi connectivity index (χ4v) is 5.15. The maximum absolute atomic E-state index is 12.5. The minimum atomic E-state index is 0.0199. The first-order valence-electron chi connectivity index (χ1n) is 9.03. The first kappa shape index (κ1) is 17.1. The van der Waals surface area contributed by atoms with Crippen molar-refractivity contribution in [3.05, 3.63) is 57.2 Å². The summed E-state index contributed by atoms with van der Waals surface area (Å²) in [6.07, 6.45) is 5.92. The van der Waals surface area contributed by atoms with Crippen LogP contribution in [0.25, 0.3) is 0 Å². The lowest BCUT2D eigenvalue weighted by molar-refractivity contribution is 0.0184. The Hall–Kier alpha value is -1.36. The quantitative estimate of drug-likeness (QED) is 0.839. The van der Waals surface area contributed by atoms with Gasteiger partial charge >= 0.3 is 0 Å². The average molecular weight is 375 g/mol. The molecule has 0 aliphatic carbocycles. The summed E-state index contributed by atoms with van der Waals surface area (Å²) in [6, 6.07) is 13.0. The van der Waals surface area contributed by atoms with Crippen molar-refractivity contribution in [2.75, 3.05) is 0 Å². The van der Waals surface area contributed by atoms with E-state index in [-0.39, 0.29) is 11.9 Å². The van der Waals surface area contributed by atoms with Crippen LogP contribution in [0.1, 0.15) is 47.3 Å². The second-order valence-corrected chi connectivity index (χ2v) is 8.61. The van der Waals surface area contributed by atoms with E-state index in [1.165, 1.54) is 24.1 Å². The third kappa shape index (κ3) is 3.91. The van der Waals surface area contributed by atoms with Crippen LogP contribution < -0.4 is 5.32 Å². The topological polar surface area (TPSA) is 32.3 Å². The molecule has 0 radical (unpaired) electrons. The third-order valence-corrected chi connectivity index (χ3v) is 6.60. The molecule has 2 unspecified atom stereocenters. The number of rotatable bonds is 4. The van der Waals surface area contributed by atoms with Gasteiger partial charge < -0.3 is 5.32 Å². The summed E-state index contributed by atoms with van der Waals surface area (Å²) in [7, 11) is 0. The Labute approximate surface area is 158 Å². The van der Waals surface area contributed by atoms with Crippen molar-refractivity contribution in [1.82, 2.24) is 10.2 Å². The van der Waals surface area contributed by atoms with Gasteiger partial charge in [-0.05, 0) is 61.4 Å². The number of amides is 1. The maximum atomic E-state index is 12.5. The van der Waals surface area contributed by atoms with Crippen LogP contribution in [0.15, 0.2) is 41.8 Å². The number of carbonyl (C=O) groups is 1. The minimum Gasteiger partial charge on any atom is -0.349 e. The highest BCUT2D eigenvalue weighted by molar-refractivity contribution is 7.09. The Bertz CT molecular complexity index is 702. The zero-order chi connectivity index (χ0) is 17.2. The molecule has 2 atom stereocenters. The van der Waals surface area contributed by atoms with E-state index in [1.807, 2.05) is 11.3 Å². The molecule has 2 aliphatic heterocycles. The first-order valence-corrected chi connectivity index (χ1v) is 10.3. The Balaban J connectivity index is 1.40. The number of fused-ring (bicyclic) bond motifs is 2. The standard InChI is InChI=1S/C20H23ClN2OS/c21-15-8-6-14(7-9-15)20(24)22-16-11-17-3-1-4-18(12-16)23(17)13-19-5-2-10-25-19/h2,5-10,16-18H,1,3-4,11-13H2,(H,22,24). The summed E-state index contributed by atoms with van der Waals surface area (Å²) in [5.41, 5.74) is 0.690. The van der Waals surface area contributed by atoms with Crippen LogP contribution in [-0.2, 0) is 6.54 Å². The van der Waals surface area contributed by atoms with Crippen molar-refractivity contribution >= 4 is 28.8 Å². The number of benzene rings is 1. The van der Waals surface area contributed by atoms with Crippen LogP contribution >= 0.6 is 22.9 Å². The molecule has 2 saturated heterocycles. The van der Waals surface area contributed by atoms with Crippen molar-refractivity contribution in [2.24, 2.45) is 0 Å². The van der Waals surface area contributed by atoms with Gasteiger partial charge in [0.2, 0.25) is 0 Å². The predicted octanol–water partition coefficient (Wildman–Crippen LogP) is 4.72. The van der Waals surface area contributed by atoms with E-state index in [1.54, 1.807) is 24.3 Å². The number of halogens is 1. The molecule has 1 aromatic carbocycles. The molecule has 2 bridgehead atoms. The normalized spacial score (nSPS) is 26.4. The fourth-order valence-electron chi connectivity index (χ4n) is 4.31. The molecule has 0 saturated carbocycles. The summed E-state index contributed by atoms with van der Waals surface area (Å²) in [4.78, 5) is 16.6. The lowest BCUT2D eigenvalue weighted by Gasteiger charge is -2.49. The van der Waals surface area contributed by atoms with Crippen LogP contribution in [-0.4, -0.2) is 28.9 Å². The Morgan fingerprint density at radius 3 is 2.52 bits per heavy atom. The van der Waals surface area contributed by atoms with Gasteiger partial charge in [0.1, 0.15) is 0 Å². The summed E-state index contributed by atoms with van der Waals surface area (Å²) in [5.74, 6) is 0.0199. The Kier molecular flexibility index (Phi) is 5.11. The molecule has 1 N–H and O–H groups in total. The van der Waals surface area contributed by atoms with Gasteiger partial charge in [0, 0.05) is 40.1 Å². The summed E-state index contributed by atoms with van der Waals surface area (Å²) in [5, 5.41) is 6.07. The number of hydrogen-bond donors (Lipinski definition) is 1. The van der Waals surface area contributed by atoms with Gasteiger partial charge in [-0.25, -0.2) is 0 Å². The van der Waals surface area contributed by atoms with Gasteiger partial charge in [0.15, 0.2) is 0 Å². The Morgan fingerprint density at radius 2 is 1.88 bits per heavy atom. The molecule has 2 aliphatic rings. The molecule has 1 amide bonds. The van der Waals surface area contributed by atoms with Crippen molar-refractivity contribution in [2.45, 2.75) is 56.8 Å². The second kappa shape index (κ2) is 7.48. The second-order valence-electron chi connectivity index (χ2n) is 7.14. The highest BCUT2D eigenvalue weighted by atomic mass is 35.5. The molecule has 4 rings (SSSR count). The maximum Gasteiger partial charge on any atom is 0.251 e. The van der Waals surface area contributed by atoms with Crippen LogP contribution in [0.4, 0.5) is 0 Å². The molecule has 0 spiro atoms. The molecule has 3 heterocycles. The number of thiophene rings is 1. The Morgan fingerprint density at radius 1 is 1.16 bits per heavy atom. The van der Waals surface area contributed by atoms with E-state index in [0.29, 0.717) is 22.7 Å². The molecule has 5 heteroatoms. The van der Waals surface area contributed by atoms with E-state index in [2.05, 4.69) is 27.7 Å². The fraction of sp³-hybridized carbons (Fsp3) is 0.450. The van der Waals surface area contributed by atoms with E-state index >= 15 is 0 Å². The van der Waals surface area contributed by atoms with E-state index in [4.69, 9.17) is 11.6 Å².